The van der Waals surface area contributed by atoms with Gasteiger partial charge in [0.05, 0.1) is 16.3 Å². The van der Waals surface area contributed by atoms with Crippen LogP contribution in [0.2, 0.25) is 4.34 Å². The maximum absolute atomic E-state index is 11.3. The molecule has 6 heteroatoms. The third kappa shape index (κ3) is 3.01. The van der Waals surface area contributed by atoms with E-state index in [2.05, 4.69) is 10.1 Å². The second-order valence-electron chi connectivity index (χ2n) is 2.36. The summed E-state index contributed by atoms with van der Waals surface area (Å²) in [4.78, 5) is 22.5. The zero-order chi connectivity index (χ0) is 10.6. The second kappa shape index (κ2) is 4.97. The summed E-state index contributed by atoms with van der Waals surface area (Å²) in [7, 11) is 1.26. The topological polar surface area (TPSA) is 55.4 Å². The molecule has 0 spiro atoms. The number of halogens is 1. The lowest BCUT2D eigenvalue weighted by Gasteiger charge is -2.00. The first-order valence-corrected chi connectivity index (χ1v) is 4.93. The van der Waals surface area contributed by atoms with Crippen molar-refractivity contribution in [2.75, 3.05) is 13.7 Å². The molecule has 0 atom stereocenters. The Morgan fingerprint density at radius 1 is 1.57 bits per heavy atom. The van der Waals surface area contributed by atoms with Gasteiger partial charge in [-0.25, -0.2) is 0 Å². The predicted octanol–water partition coefficient (Wildman–Crippen LogP) is 1.30. The largest absolute Gasteiger partial charge is 0.468 e. The quantitative estimate of drug-likeness (QED) is 0.801. The van der Waals surface area contributed by atoms with Crippen molar-refractivity contribution in [1.29, 1.82) is 0 Å². The molecule has 1 heterocycles. The Hall–Kier alpha value is -1.07. The summed E-state index contributed by atoms with van der Waals surface area (Å²) in [5, 5.41) is 2.40. The van der Waals surface area contributed by atoms with E-state index in [4.69, 9.17) is 11.6 Å². The monoisotopic (exact) mass is 233 g/mol. The minimum atomic E-state index is -0.485. The molecule has 0 fully saturated rings. The number of methoxy groups -OCH3 is 1. The summed E-state index contributed by atoms with van der Waals surface area (Å²) in [6.07, 6.45) is 0. The van der Waals surface area contributed by atoms with Crippen LogP contribution in [0.15, 0.2) is 12.1 Å². The van der Waals surface area contributed by atoms with Crippen LogP contribution >= 0.6 is 22.9 Å². The van der Waals surface area contributed by atoms with Crippen LogP contribution in [0.25, 0.3) is 0 Å². The number of ether oxygens (including phenoxy) is 1. The van der Waals surface area contributed by atoms with Gasteiger partial charge in [0, 0.05) is 0 Å². The highest BCUT2D eigenvalue weighted by Gasteiger charge is 2.09. The third-order valence-corrected chi connectivity index (χ3v) is 2.65. The van der Waals surface area contributed by atoms with Crippen LogP contribution in [0, 0.1) is 0 Å². The number of carbonyl (C=O) groups is 2. The molecule has 0 aliphatic carbocycles. The highest BCUT2D eigenvalue weighted by atomic mass is 35.5. The average Bonchev–Trinajstić information content (AvgIpc) is 2.60. The third-order valence-electron chi connectivity index (χ3n) is 1.42. The van der Waals surface area contributed by atoms with Crippen molar-refractivity contribution in [3.05, 3.63) is 21.3 Å². The van der Waals surface area contributed by atoms with E-state index < -0.39 is 5.97 Å². The van der Waals surface area contributed by atoms with Crippen LogP contribution in [-0.2, 0) is 9.53 Å². The fourth-order valence-electron chi connectivity index (χ4n) is 0.748. The number of esters is 1. The van der Waals surface area contributed by atoms with Crippen LogP contribution in [-0.4, -0.2) is 25.5 Å². The standard InChI is InChI=1S/C8H8ClNO3S/c1-13-7(11)4-10-8(12)5-2-3-6(9)14-5/h2-3H,4H2,1H3,(H,10,12). The molecular weight excluding hydrogens is 226 g/mol. The maximum Gasteiger partial charge on any atom is 0.325 e. The van der Waals surface area contributed by atoms with Gasteiger partial charge in [-0.3, -0.25) is 9.59 Å². The van der Waals surface area contributed by atoms with Crippen molar-refractivity contribution in [3.8, 4) is 0 Å². The maximum atomic E-state index is 11.3. The van der Waals surface area contributed by atoms with Crippen molar-refractivity contribution in [1.82, 2.24) is 5.32 Å². The summed E-state index contributed by atoms with van der Waals surface area (Å²) >= 11 is 6.80. The molecule has 0 radical (unpaired) electrons. The number of amides is 1. The van der Waals surface area contributed by atoms with Crippen molar-refractivity contribution in [2.24, 2.45) is 0 Å². The van der Waals surface area contributed by atoms with Gasteiger partial charge in [0.1, 0.15) is 6.54 Å². The lowest BCUT2D eigenvalue weighted by molar-refractivity contribution is -0.139. The van der Waals surface area contributed by atoms with Gasteiger partial charge in [0.15, 0.2) is 0 Å². The van der Waals surface area contributed by atoms with E-state index in [0.29, 0.717) is 9.21 Å². The summed E-state index contributed by atoms with van der Waals surface area (Å²) in [5.74, 6) is -0.812. The first kappa shape index (κ1) is 11.0. The summed E-state index contributed by atoms with van der Waals surface area (Å²) in [5.41, 5.74) is 0. The van der Waals surface area contributed by atoms with Gasteiger partial charge in [-0.05, 0) is 12.1 Å². The fourth-order valence-corrected chi connectivity index (χ4v) is 1.71. The predicted molar refractivity (Wildman–Crippen MR) is 53.7 cm³/mol. The number of rotatable bonds is 3. The zero-order valence-electron chi connectivity index (χ0n) is 7.37. The Morgan fingerprint density at radius 2 is 2.29 bits per heavy atom. The van der Waals surface area contributed by atoms with Crippen molar-refractivity contribution < 1.29 is 14.3 Å². The molecule has 0 saturated carbocycles. The Morgan fingerprint density at radius 3 is 2.79 bits per heavy atom. The normalized spacial score (nSPS) is 9.57. The second-order valence-corrected chi connectivity index (χ2v) is 4.08. The molecule has 4 nitrogen and oxygen atoms in total. The van der Waals surface area contributed by atoms with E-state index in [1.54, 1.807) is 12.1 Å². The first-order chi connectivity index (χ1) is 6.63. The molecule has 0 aromatic carbocycles. The summed E-state index contributed by atoms with van der Waals surface area (Å²) < 4.78 is 4.90. The molecule has 0 bridgehead atoms. The Kier molecular flexibility index (Phi) is 3.91. The molecule has 0 aliphatic heterocycles. The minimum absolute atomic E-state index is 0.134. The van der Waals surface area contributed by atoms with Gasteiger partial charge in [-0.1, -0.05) is 11.6 Å². The van der Waals surface area contributed by atoms with Crippen molar-refractivity contribution in [3.63, 3.8) is 0 Å². The minimum Gasteiger partial charge on any atom is -0.468 e. The lowest BCUT2D eigenvalue weighted by Crippen LogP contribution is -2.29. The summed E-state index contributed by atoms with van der Waals surface area (Å²) in [6.45, 7) is -0.134. The Bertz CT molecular complexity index is 350. The lowest BCUT2D eigenvalue weighted by atomic mass is 10.4. The number of hydrogen-bond acceptors (Lipinski definition) is 4. The van der Waals surface area contributed by atoms with E-state index in [-0.39, 0.29) is 12.5 Å². The van der Waals surface area contributed by atoms with E-state index in [9.17, 15) is 9.59 Å². The van der Waals surface area contributed by atoms with Crippen LogP contribution in [0.3, 0.4) is 0 Å². The molecule has 14 heavy (non-hydrogen) atoms. The molecule has 1 rings (SSSR count). The number of thiophene rings is 1. The molecule has 0 saturated heterocycles. The highest BCUT2D eigenvalue weighted by molar-refractivity contribution is 7.17. The molecule has 76 valence electrons. The molecule has 1 N–H and O–H groups in total. The van der Waals surface area contributed by atoms with Crippen LogP contribution < -0.4 is 5.32 Å². The Labute approximate surface area is 89.8 Å². The molecule has 1 aromatic heterocycles. The van der Waals surface area contributed by atoms with Gasteiger partial charge < -0.3 is 10.1 Å². The highest BCUT2D eigenvalue weighted by Crippen LogP contribution is 2.20. The molecular formula is C8H8ClNO3S. The van der Waals surface area contributed by atoms with Gasteiger partial charge in [0.25, 0.3) is 5.91 Å². The van der Waals surface area contributed by atoms with E-state index >= 15 is 0 Å². The Balaban J connectivity index is 2.47. The van der Waals surface area contributed by atoms with Crippen LogP contribution in [0.4, 0.5) is 0 Å². The number of nitrogens with one attached hydrogen (secondary N) is 1. The van der Waals surface area contributed by atoms with Crippen molar-refractivity contribution in [2.45, 2.75) is 0 Å². The summed E-state index contributed by atoms with van der Waals surface area (Å²) in [6, 6.07) is 3.22. The fraction of sp³-hybridized carbons (Fsp3) is 0.250. The van der Waals surface area contributed by atoms with Crippen LogP contribution in [0.5, 0.6) is 0 Å². The number of hydrogen-bond donors (Lipinski definition) is 1. The molecule has 1 aromatic rings. The van der Waals surface area contributed by atoms with Crippen LogP contribution in [0.1, 0.15) is 9.67 Å². The van der Waals surface area contributed by atoms with Crippen molar-refractivity contribution >= 4 is 34.8 Å². The number of carbonyl (C=O) groups excluding carboxylic acids is 2. The van der Waals surface area contributed by atoms with E-state index in [1.165, 1.54) is 7.11 Å². The SMILES string of the molecule is COC(=O)CNC(=O)c1ccc(Cl)s1. The molecule has 0 aliphatic rings. The average molecular weight is 234 g/mol. The molecule has 0 unspecified atom stereocenters. The van der Waals surface area contributed by atoms with Gasteiger partial charge >= 0.3 is 5.97 Å². The molecule has 1 amide bonds. The van der Waals surface area contributed by atoms with Gasteiger partial charge in [-0.15, -0.1) is 11.3 Å². The zero-order valence-corrected chi connectivity index (χ0v) is 8.95. The smallest absolute Gasteiger partial charge is 0.325 e. The first-order valence-electron chi connectivity index (χ1n) is 3.74. The van der Waals surface area contributed by atoms with E-state index in [0.717, 1.165) is 11.3 Å². The van der Waals surface area contributed by atoms with E-state index in [1.807, 2.05) is 0 Å². The van der Waals surface area contributed by atoms with Gasteiger partial charge in [-0.2, -0.15) is 0 Å². The van der Waals surface area contributed by atoms with Gasteiger partial charge in [0.2, 0.25) is 0 Å².